The zero-order valence-corrected chi connectivity index (χ0v) is 27.7. The monoisotopic (exact) mass is 656 g/mol. The van der Waals surface area contributed by atoms with Gasteiger partial charge in [-0.15, -0.1) is 11.3 Å². The molecule has 3 aromatic heterocycles. The quantitative estimate of drug-likeness (QED) is 0.185. The summed E-state index contributed by atoms with van der Waals surface area (Å²) >= 11 is 1.85. The summed E-state index contributed by atoms with van der Waals surface area (Å²) in [5, 5.41) is 5.03. The Morgan fingerprint density at radius 1 is 0.380 bits per heavy atom. The lowest BCUT2D eigenvalue weighted by atomic mass is 9.99. The van der Waals surface area contributed by atoms with E-state index in [2.05, 4.69) is 114 Å². The highest BCUT2D eigenvalue weighted by Gasteiger charge is 2.17. The van der Waals surface area contributed by atoms with E-state index in [9.17, 15) is 0 Å². The third-order valence-electron chi connectivity index (χ3n) is 9.47. The lowest BCUT2D eigenvalue weighted by molar-refractivity contribution is 1.07. The molecule has 0 bridgehead atoms. The van der Waals surface area contributed by atoms with Gasteiger partial charge in [0.25, 0.3) is 0 Å². The van der Waals surface area contributed by atoms with Crippen LogP contribution in [0.3, 0.4) is 0 Å². The first-order valence-corrected chi connectivity index (χ1v) is 17.5. The van der Waals surface area contributed by atoms with E-state index >= 15 is 0 Å². The van der Waals surface area contributed by atoms with Gasteiger partial charge in [-0.1, -0.05) is 133 Å². The topological polar surface area (TPSA) is 43.6 Å². The van der Waals surface area contributed by atoms with Crippen molar-refractivity contribution in [2.24, 2.45) is 0 Å². The van der Waals surface area contributed by atoms with E-state index in [1.165, 1.54) is 42.1 Å². The van der Waals surface area contributed by atoms with Gasteiger partial charge in [-0.05, 0) is 47.5 Å². The molecule has 0 spiro atoms. The molecule has 0 saturated carbocycles. The summed E-state index contributed by atoms with van der Waals surface area (Å²) in [6, 6.07) is 59.7. The molecule has 234 valence electrons. The molecule has 0 amide bonds. The number of thiophene rings is 1. The number of rotatable bonds is 5. The first kappa shape index (κ1) is 28.6. The zero-order chi connectivity index (χ0) is 33.0. The van der Waals surface area contributed by atoms with Gasteiger partial charge in [-0.3, -0.25) is 0 Å². The summed E-state index contributed by atoms with van der Waals surface area (Å²) in [5.41, 5.74) is 8.67. The fourth-order valence-corrected chi connectivity index (χ4v) is 8.26. The van der Waals surface area contributed by atoms with Crippen molar-refractivity contribution in [1.82, 2.24) is 19.5 Å². The molecule has 0 N–H and O–H groups in total. The summed E-state index contributed by atoms with van der Waals surface area (Å²) in [6.07, 6.45) is 0. The summed E-state index contributed by atoms with van der Waals surface area (Å²) in [4.78, 5) is 14.9. The second kappa shape index (κ2) is 11.6. The Morgan fingerprint density at radius 2 is 0.940 bits per heavy atom. The largest absolute Gasteiger partial charge is 0.309 e. The van der Waals surface area contributed by atoms with Gasteiger partial charge in [0, 0.05) is 53.3 Å². The van der Waals surface area contributed by atoms with Gasteiger partial charge < -0.3 is 4.57 Å². The number of nitrogens with zero attached hydrogens (tertiary/aromatic N) is 4. The molecule has 0 aliphatic carbocycles. The number of hydrogen-bond donors (Lipinski definition) is 0. The van der Waals surface area contributed by atoms with Crippen LogP contribution in [-0.2, 0) is 0 Å². The smallest absolute Gasteiger partial charge is 0.164 e. The number of hydrogen-bond acceptors (Lipinski definition) is 4. The SMILES string of the molecule is c1ccc(-c2nc(-c3ccccc3)nc(-c3ccc4c5ccccc5n(-c5ccc(-c6cccc7sc8ccccc8c67)cc5)c4c3)n2)cc1. The molecule has 0 unspecified atom stereocenters. The van der Waals surface area contributed by atoms with Crippen LogP contribution in [0.25, 0.3) is 93.0 Å². The van der Waals surface area contributed by atoms with Gasteiger partial charge in [-0.25, -0.2) is 15.0 Å². The third kappa shape index (κ3) is 4.71. The Hall–Kier alpha value is -6.43. The van der Waals surface area contributed by atoms with Gasteiger partial charge in [0.1, 0.15) is 0 Å². The van der Waals surface area contributed by atoms with E-state index in [4.69, 9.17) is 15.0 Å². The maximum atomic E-state index is 5.02. The van der Waals surface area contributed by atoms with Crippen LogP contribution in [0, 0.1) is 0 Å². The highest BCUT2D eigenvalue weighted by atomic mass is 32.1. The second-order valence-corrected chi connectivity index (χ2v) is 13.5. The molecule has 5 heteroatoms. The average molecular weight is 657 g/mol. The van der Waals surface area contributed by atoms with E-state index < -0.39 is 0 Å². The van der Waals surface area contributed by atoms with E-state index in [0.717, 1.165) is 33.4 Å². The van der Waals surface area contributed by atoms with Gasteiger partial charge in [0.05, 0.1) is 11.0 Å². The normalized spacial score (nSPS) is 11.6. The average Bonchev–Trinajstić information content (AvgIpc) is 3.74. The molecule has 0 aliphatic rings. The fraction of sp³-hybridized carbons (Fsp3) is 0. The van der Waals surface area contributed by atoms with E-state index in [1.54, 1.807) is 0 Å². The lowest BCUT2D eigenvalue weighted by Crippen LogP contribution is -2.00. The molecule has 0 atom stereocenters. The Labute approximate surface area is 292 Å². The predicted molar refractivity (Wildman–Crippen MR) is 209 cm³/mol. The van der Waals surface area contributed by atoms with Crippen molar-refractivity contribution in [3.8, 4) is 51.0 Å². The van der Waals surface area contributed by atoms with Crippen molar-refractivity contribution in [3.63, 3.8) is 0 Å². The van der Waals surface area contributed by atoms with Crippen LogP contribution >= 0.6 is 11.3 Å². The van der Waals surface area contributed by atoms with Gasteiger partial charge in [0.2, 0.25) is 0 Å². The Kier molecular flexibility index (Phi) is 6.64. The van der Waals surface area contributed by atoms with Crippen LogP contribution in [-0.4, -0.2) is 19.5 Å². The van der Waals surface area contributed by atoms with Gasteiger partial charge >= 0.3 is 0 Å². The highest BCUT2D eigenvalue weighted by molar-refractivity contribution is 7.25. The van der Waals surface area contributed by atoms with Crippen LogP contribution in [0.4, 0.5) is 0 Å². The molecular formula is C45H28N4S. The van der Waals surface area contributed by atoms with E-state index in [1.807, 2.05) is 72.0 Å². The maximum Gasteiger partial charge on any atom is 0.164 e. The molecule has 7 aromatic carbocycles. The zero-order valence-electron chi connectivity index (χ0n) is 26.9. The minimum atomic E-state index is 0.642. The first-order chi connectivity index (χ1) is 24.8. The minimum absolute atomic E-state index is 0.642. The summed E-state index contributed by atoms with van der Waals surface area (Å²) < 4.78 is 4.99. The standard InChI is InChI=1S/C45H28N4S/c1-3-12-30(13-4-1)43-46-44(31-14-5-2-6-15-31)48-45(47-43)32-24-27-36-35-16-7-9-19-38(35)49(39(36)28-32)33-25-22-29(23-26-33)34-18-11-21-41-42(34)37-17-8-10-20-40(37)50-41/h1-28H. The molecule has 4 nitrogen and oxygen atoms in total. The van der Waals surface area contributed by atoms with Crippen molar-refractivity contribution in [1.29, 1.82) is 0 Å². The Balaban J connectivity index is 1.14. The Morgan fingerprint density at radius 3 is 1.66 bits per heavy atom. The molecule has 50 heavy (non-hydrogen) atoms. The highest BCUT2D eigenvalue weighted by Crippen LogP contribution is 2.41. The number of aromatic nitrogens is 4. The Bertz CT molecular complexity index is 2800. The number of para-hydroxylation sites is 1. The molecule has 3 heterocycles. The third-order valence-corrected chi connectivity index (χ3v) is 10.6. The molecular weight excluding hydrogens is 629 g/mol. The van der Waals surface area contributed by atoms with Crippen molar-refractivity contribution in [3.05, 3.63) is 170 Å². The predicted octanol–water partition coefficient (Wildman–Crippen LogP) is 12.0. The summed E-state index contributed by atoms with van der Waals surface area (Å²) in [6.45, 7) is 0. The van der Waals surface area contributed by atoms with E-state index in [-0.39, 0.29) is 0 Å². The molecule has 0 radical (unpaired) electrons. The first-order valence-electron chi connectivity index (χ1n) is 16.7. The molecule has 0 saturated heterocycles. The maximum absolute atomic E-state index is 5.02. The number of fused-ring (bicyclic) bond motifs is 6. The fourth-order valence-electron chi connectivity index (χ4n) is 7.13. The molecule has 0 aliphatic heterocycles. The van der Waals surface area contributed by atoms with Crippen LogP contribution in [0.15, 0.2) is 170 Å². The van der Waals surface area contributed by atoms with Gasteiger partial charge in [0.15, 0.2) is 17.5 Å². The molecule has 10 rings (SSSR count). The molecule has 10 aromatic rings. The van der Waals surface area contributed by atoms with Gasteiger partial charge in [-0.2, -0.15) is 0 Å². The van der Waals surface area contributed by atoms with Crippen LogP contribution in [0.2, 0.25) is 0 Å². The second-order valence-electron chi connectivity index (χ2n) is 12.4. The van der Waals surface area contributed by atoms with Crippen molar-refractivity contribution in [2.45, 2.75) is 0 Å². The minimum Gasteiger partial charge on any atom is -0.309 e. The summed E-state index contributed by atoms with van der Waals surface area (Å²) in [7, 11) is 0. The van der Waals surface area contributed by atoms with Crippen molar-refractivity contribution < 1.29 is 0 Å². The van der Waals surface area contributed by atoms with Crippen LogP contribution in [0.5, 0.6) is 0 Å². The lowest BCUT2D eigenvalue weighted by Gasteiger charge is -2.11. The van der Waals surface area contributed by atoms with Crippen molar-refractivity contribution >= 4 is 53.3 Å². The molecule has 0 fully saturated rings. The van der Waals surface area contributed by atoms with E-state index in [0.29, 0.717) is 17.5 Å². The van der Waals surface area contributed by atoms with Crippen LogP contribution in [0.1, 0.15) is 0 Å². The van der Waals surface area contributed by atoms with Crippen molar-refractivity contribution in [2.75, 3.05) is 0 Å². The summed E-state index contributed by atoms with van der Waals surface area (Å²) in [5.74, 6) is 1.95. The number of benzene rings is 7. The van der Waals surface area contributed by atoms with Crippen LogP contribution < -0.4 is 0 Å².